The molecule has 0 amide bonds. The van der Waals surface area contributed by atoms with Gasteiger partial charge in [-0.3, -0.25) is 0 Å². The minimum absolute atomic E-state index is 0.543. The van der Waals surface area contributed by atoms with Crippen molar-refractivity contribution in [3.05, 3.63) is 34.2 Å². The Bertz CT molecular complexity index is 566. The van der Waals surface area contributed by atoms with Gasteiger partial charge in [0.15, 0.2) is 0 Å². The van der Waals surface area contributed by atoms with Crippen LogP contribution < -0.4 is 5.32 Å². The number of aryl methyl sites for hydroxylation is 1. The molecule has 2 aromatic rings. The molecule has 1 N–H and O–H groups in total. The van der Waals surface area contributed by atoms with Crippen molar-refractivity contribution in [3.8, 4) is 0 Å². The summed E-state index contributed by atoms with van der Waals surface area (Å²) in [4.78, 5) is 1.52. The maximum absolute atomic E-state index is 3.57. The fourth-order valence-electron chi connectivity index (χ4n) is 2.54. The van der Waals surface area contributed by atoms with E-state index in [-0.39, 0.29) is 0 Å². The van der Waals surface area contributed by atoms with E-state index in [9.17, 15) is 0 Å². The monoisotopic (exact) mass is 289 g/mol. The van der Waals surface area contributed by atoms with Crippen LogP contribution in [0, 0.1) is 0 Å². The standard InChI is InChI=1S/C18H27NS/c1-6-7-15-16-10-14(12(2)3)8-9-17(16)20-18(15)11-19-13(4)5/h8-10,12-13,19H,6-7,11H2,1-5H3. The van der Waals surface area contributed by atoms with Gasteiger partial charge in [0, 0.05) is 22.2 Å². The summed E-state index contributed by atoms with van der Waals surface area (Å²) in [6.07, 6.45) is 2.41. The summed E-state index contributed by atoms with van der Waals surface area (Å²) in [6, 6.07) is 7.56. The fourth-order valence-corrected chi connectivity index (χ4v) is 3.72. The molecular formula is C18H27NS. The lowest BCUT2D eigenvalue weighted by atomic mass is 9.98. The molecule has 0 unspecified atom stereocenters. The Hall–Kier alpha value is -0.860. The van der Waals surface area contributed by atoms with Crippen molar-refractivity contribution >= 4 is 21.4 Å². The molecular weight excluding hydrogens is 262 g/mol. The maximum Gasteiger partial charge on any atom is 0.0349 e. The summed E-state index contributed by atoms with van der Waals surface area (Å²) in [5.41, 5.74) is 3.03. The number of hydrogen-bond acceptors (Lipinski definition) is 2. The topological polar surface area (TPSA) is 12.0 Å². The van der Waals surface area contributed by atoms with Crippen molar-refractivity contribution < 1.29 is 0 Å². The first-order valence-corrected chi connectivity index (χ1v) is 8.62. The molecule has 2 rings (SSSR count). The van der Waals surface area contributed by atoms with E-state index < -0.39 is 0 Å². The third-order valence-corrected chi connectivity index (χ3v) is 4.95. The lowest BCUT2D eigenvalue weighted by molar-refractivity contribution is 0.591. The minimum Gasteiger partial charge on any atom is -0.310 e. The molecule has 110 valence electrons. The van der Waals surface area contributed by atoms with Crippen LogP contribution in [0.15, 0.2) is 18.2 Å². The molecule has 0 atom stereocenters. The van der Waals surface area contributed by atoms with E-state index >= 15 is 0 Å². The molecule has 1 aromatic heterocycles. The van der Waals surface area contributed by atoms with E-state index in [1.54, 1.807) is 5.56 Å². The molecule has 0 radical (unpaired) electrons. The van der Waals surface area contributed by atoms with Gasteiger partial charge in [0.2, 0.25) is 0 Å². The Morgan fingerprint density at radius 1 is 1.15 bits per heavy atom. The van der Waals surface area contributed by atoms with Crippen molar-refractivity contribution in [2.24, 2.45) is 0 Å². The van der Waals surface area contributed by atoms with Crippen LogP contribution >= 0.6 is 11.3 Å². The van der Waals surface area contributed by atoms with Crippen molar-refractivity contribution in [1.82, 2.24) is 5.32 Å². The Balaban J connectivity index is 2.44. The zero-order chi connectivity index (χ0) is 14.7. The van der Waals surface area contributed by atoms with Gasteiger partial charge < -0.3 is 5.32 Å². The highest BCUT2D eigenvalue weighted by atomic mass is 32.1. The van der Waals surface area contributed by atoms with E-state index in [0.29, 0.717) is 12.0 Å². The summed E-state index contributed by atoms with van der Waals surface area (Å²) >= 11 is 1.96. The minimum atomic E-state index is 0.543. The number of benzene rings is 1. The van der Waals surface area contributed by atoms with Gasteiger partial charge in [-0.15, -0.1) is 11.3 Å². The SMILES string of the molecule is CCCc1c(CNC(C)C)sc2ccc(C(C)C)cc12. The molecule has 0 saturated heterocycles. The van der Waals surface area contributed by atoms with E-state index in [1.807, 2.05) is 11.3 Å². The van der Waals surface area contributed by atoms with Crippen LogP contribution in [0.4, 0.5) is 0 Å². The molecule has 0 fully saturated rings. The Kier molecular flexibility index (Phi) is 5.22. The normalized spacial score (nSPS) is 11.9. The molecule has 0 spiro atoms. The number of thiophene rings is 1. The first-order valence-electron chi connectivity index (χ1n) is 7.80. The molecule has 1 nitrogen and oxygen atoms in total. The van der Waals surface area contributed by atoms with Gasteiger partial charge >= 0.3 is 0 Å². The molecule has 0 aliphatic rings. The number of rotatable bonds is 6. The predicted octanol–water partition coefficient (Wildman–Crippen LogP) is 5.48. The van der Waals surface area contributed by atoms with Crippen LogP contribution in [-0.2, 0) is 13.0 Å². The average molecular weight is 289 g/mol. The van der Waals surface area contributed by atoms with Crippen LogP contribution in [0.2, 0.25) is 0 Å². The molecule has 0 aliphatic heterocycles. The van der Waals surface area contributed by atoms with Crippen molar-refractivity contribution in [2.45, 2.75) is 66.0 Å². The average Bonchev–Trinajstić information content (AvgIpc) is 2.74. The van der Waals surface area contributed by atoms with E-state index in [0.717, 1.165) is 6.54 Å². The summed E-state index contributed by atoms with van der Waals surface area (Å²) in [5.74, 6) is 0.603. The molecule has 0 saturated carbocycles. The van der Waals surface area contributed by atoms with E-state index in [4.69, 9.17) is 0 Å². The predicted molar refractivity (Wildman–Crippen MR) is 91.9 cm³/mol. The van der Waals surface area contributed by atoms with Crippen molar-refractivity contribution in [2.75, 3.05) is 0 Å². The summed E-state index contributed by atoms with van der Waals surface area (Å²) in [6.45, 7) is 12.2. The van der Waals surface area contributed by atoms with Gasteiger partial charge in [-0.25, -0.2) is 0 Å². The summed E-state index contributed by atoms with van der Waals surface area (Å²) in [5, 5.41) is 5.06. The second kappa shape index (κ2) is 6.73. The first kappa shape index (κ1) is 15.5. The van der Waals surface area contributed by atoms with E-state index in [1.165, 1.54) is 33.4 Å². The van der Waals surface area contributed by atoms with Gasteiger partial charge in [0.25, 0.3) is 0 Å². The first-order chi connectivity index (χ1) is 9.52. The van der Waals surface area contributed by atoms with Gasteiger partial charge in [0.1, 0.15) is 0 Å². The highest BCUT2D eigenvalue weighted by Crippen LogP contribution is 2.34. The third kappa shape index (κ3) is 3.42. The molecule has 1 aromatic carbocycles. The van der Waals surface area contributed by atoms with Crippen LogP contribution in [0.25, 0.3) is 10.1 Å². The van der Waals surface area contributed by atoms with Gasteiger partial charge in [0.05, 0.1) is 0 Å². The lowest BCUT2D eigenvalue weighted by Crippen LogP contribution is -2.21. The lowest BCUT2D eigenvalue weighted by Gasteiger charge is -2.09. The maximum atomic E-state index is 3.57. The highest BCUT2D eigenvalue weighted by Gasteiger charge is 2.13. The molecule has 0 aliphatic carbocycles. The van der Waals surface area contributed by atoms with Gasteiger partial charge in [-0.1, -0.05) is 47.1 Å². The largest absolute Gasteiger partial charge is 0.310 e. The van der Waals surface area contributed by atoms with Crippen molar-refractivity contribution in [1.29, 1.82) is 0 Å². The fraction of sp³-hybridized carbons (Fsp3) is 0.556. The highest BCUT2D eigenvalue weighted by molar-refractivity contribution is 7.19. The van der Waals surface area contributed by atoms with Crippen LogP contribution in [-0.4, -0.2) is 6.04 Å². The number of hydrogen-bond donors (Lipinski definition) is 1. The van der Waals surface area contributed by atoms with Gasteiger partial charge in [-0.2, -0.15) is 0 Å². The second-order valence-corrected chi connectivity index (χ2v) is 7.34. The van der Waals surface area contributed by atoms with Crippen LogP contribution in [0.5, 0.6) is 0 Å². The Labute approximate surface area is 127 Å². The molecule has 20 heavy (non-hydrogen) atoms. The smallest absolute Gasteiger partial charge is 0.0349 e. The number of fused-ring (bicyclic) bond motifs is 1. The van der Waals surface area contributed by atoms with Crippen LogP contribution in [0.1, 0.15) is 63.0 Å². The summed E-state index contributed by atoms with van der Waals surface area (Å²) in [7, 11) is 0. The van der Waals surface area contributed by atoms with Crippen molar-refractivity contribution in [3.63, 3.8) is 0 Å². The Morgan fingerprint density at radius 2 is 1.90 bits per heavy atom. The molecule has 1 heterocycles. The quantitative estimate of drug-likeness (QED) is 0.743. The molecule has 0 bridgehead atoms. The third-order valence-electron chi connectivity index (χ3n) is 3.74. The molecule has 2 heteroatoms. The summed E-state index contributed by atoms with van der Waals surface area (Å²) < 4.78 is 1.44. The zero-order valence-corrected chi connectivity index (χ0v) is 14.2. The van der Waals surface area contributed by atoms with E-state index in [2.05, 4.69) is 58.1 Å². The van der Waals surface area contributed by atoms with Crippen LogP contribution in [0.3, 0.4) is 0 Å². The zero-order valence-electron chi connectivity index (χ0n) is 13.4. The Morgan fingerprint density at radius 3 is 2.50 bits per heavy atom. The number of nitrogens with one attached hydrogen (secondary N) is 1. The second-order valence-electron chi connectivity index (χ2n) is 6.20. The van der Waals surface area contributed by atoms with Gasteiger partial charge in [-0.05, 0) is 41.0 Å².